The average molecular weight is 518 g/mol. The molecule has 0 fully saturated rings. The number of halogens is 1. The molecule has 1 N–H and O–H groups in total. The van der Waals surface area contributed by atoms with Gasteiger partial charge in [0, 0.05) is 21.7 Å². The first-order chi connectivity index (χ1) is 18.7. The predicted octanol–water partition coefficient (Wildman–Crippen LogP) is 7.28. The quantitative estimate of drug-likeness (QED) is 0.230. The van der Waals surface area contributed by atoms with Crippen LogP contribution in [0.15, 0.2) is 115 Å². The number of nitrogens with zero attached hydrogens (tertiary/aromatic N) is 4. The molecule has 0 atom stereocenters. The lowest BCUT2D eigenvalue weighted by molar-refractivity contribution is 0.301. The maximum absolute atomic E-state index is 5.97. The number of benzene rings is 4. The van der Waals surface area contributed by atoms with Crippen LogP contribution >= 0.6 is 11.6 Å². The molecule has 0 bridgehead atoms. The summed E-state index contributed by atoms with van der Waals surface area (Å²) in [6, 6.07) is 36.1. The summed E-state index contributed by atoms with van der Waals surface area (Å²) in [6.07, 6.45) is 1.89. The van der Waals surface area contributed by atoms with Gasteiger partial charge >= 0.3 is 0 Å². The Bertz CT molecular complexity index is 1570. The van der Waals surface area contributed by atoms with E-state index >= 15 is 0 Å². The SMILES string of the molecule is Clc1ccc(Cn2cc(COc3ccc(-c4nc(-c5ccccc5)c(-c5ccccc5)[nH]4)cc3)nn2)cc1. The predicted molar refractivity (Wildman–Crippen MR) is 150 cm³/mol. The van der Waals surface area contributed by atoms with Gasteiger partial charge in [-0.1, -0.05) is 89.6 Å². The fourth-order valence-corrected chi connectivity index (χ4v) is 4.38. The standard InChI is InChI=1S/C31H24ClN5O/c32-26-15-11-22(12-16-26)19-37-20-27(35-36-37)21-38-28-17-13-25(14-18-28)31-33-29(23-7-3-1-4-8-23)30(34-31)24-9-5-2-6-10-24/h1-18,20H,19,21H2,(H,33,34). The number of ether oxygens (including phenoxy) is 1. The van der Waals surface area contributed by atoms with E-state index in [-0.39, 0.29) is 0 Å². The van der Waals surface area contributed by atoms with Crippen molar-refractivity contribution >= 4 is 11.6 Å². The first-order valence-corrected chi connectivity index (χ1v) is 12.7. The van der Waals surface area contributed by atoms with Crippen LogP contribution in [0.4, 0.5) is 0 Å². The van der Waals surface area contributed by atoms with Crippen LogP contribution in [0.2, 0.25) is 5.02 Å². The molecule has 0 aliphatic rings. The van der Waals surface area contributed by atoms with Gasteiger partial charge in [0.05, 0.1) is 24.1 Å². The average Bonchev–Trinajstić information content (AvgIpc) is 3.62. The number of aromatic amines is 1. The molecule has 0 aliphatic heterocycles. The lowest BCUT2D eigenvalue weighted by Crippen LogP contribution is -2.00. The molecule has 2 aromatic heterocycles. The molecule has 0 saturated heterocycles. The molecule has 0 amide bonds. The van der Waals surface area contributed by atoms with Crippen LogP contribution in [-0.2, 0) is 13.2 Å². The highest BCUT2D eigenvalue weighted by molar-refractivity contribution is 6.30. The number of hydrogen-bond donors (Lipinski definition) is 1. The van der Waals surface area contributed by atoms with Crippen molar-refractivity contribution in [2.24, 2.45) is 0 Å². The van der Waals surface area contributed by atoms with E-state index in [0.717, 1.165) is 50.9 Å². The van der Waals surface area contributed by atoms with Crippen molar-refractivity contribution in [3.05, 3.63) is 132 Å². The van der Waals surface area contributed by atoms with Gasteiger partial charge in [-0.15, -0.1) is 5.10 Å². The van der Waals surface area contributed by atoms with E-state index in [2.05, 4.69) is 39.6 Å². The maximum Gasteiger partial charge on any atom is 0.138 e. The van der Waals surface area contributed by atoms with Gasteiger partial charge < -0.3 is 9.72 Å². The smallest absolute Gasteiger partial charge is 0.138 e. The molecule has 186 valence electrons. The highest BCUT2D eigenvalue weighted by Crippen LogP contribution is 2.33. The lowest BCUT2D eigenvalue weighted by Gasteiger charge is -2.05. The van der Waals surface area contributed by atoms with E-state index in [9.17, 15) is 0 Å². The van der Waals surface area contributed by atoms with Gasteiger partial charge in [0.1, 0.15) is 23.9 Å². The minimum Gasteiger partial charge on any atom is -0.487 e. The summed E-state index contributed by atoms with van der Waals surface area (Å²) in [5, 5.41) is 9.14. The minimum absolute atomic E-state index is 0.330. The van der Waals surface area contributed by atoms with Crippen molar-refractivity contribution in [2.45, 2.75) is 13.2 Å². The summed E-state index contributed by atoms with van der Waals surface area (Å²) < 4.78 is 7.75. The molecule has 2 heterocycles. The normalized spacial score (nSPS) is 11.0. The molecule has 7 heteroatoms. The second kappa shape index (κ2) is 10.7. The Kier molecular flexibility index (Phi) is 6.70. The summed E-state index contributed by atoms with van der Waals surface area (Å²) in [5.74, 6) is 1.55. The van der Waals surface area contributed by atoms with Crippen LogP contribution in [0.25, 0.3) is 33.9 Å². The van der Waals surface area contributed by atoms with Crippen LogP contribution in [0.5, 0.6) is 5.75 Å². The van der Waals surface area contributed by atoms with Gasteiger partial charge in [-0.3, -0.25) is 0 Å². The third kappa shape index (κ3) is 5.36. The number of hydrogen-bond acceptors (Lipinski definition) is 4. The lowest BCUT2D eigenvalue weighted by atomic mass is 10.1. The van der Waals surface area contributed by atoms with E-state index in [0.29, 0.717) is 18.2 Å². The molecule has 0 unspecified atom stereocenters. The first kappa shape index (κ1) is 23.7. The molecule has 0 aliphatic carbocycles. The first-order valence-electron chi connectivity index (χ1n) is 12.3. The third-order valence-corrected chi connectivity index (χ3v) is 6.42. The molecular formula is C31H24ClN5O. The number of H-pyrrole nitrogens is 1. The van der Waals surface area contributed by atoms with Crippen LogP contribution in [0.1, 0.15) is 11.3 Å². The van der Waals surface area contributed by atoms with E-state index in [1.54, 1.807) is 4.68 Å². The number of imidazole rings is 1. The summed E-state index contributed by atoms with van der Waals surface area (Å²) in [4.78, 5) is 8.50. The van der Waals surface area contributed by atoms with Gasteiger partial charge in [0.2, 0.25) is 0 Å². The Morgan fingerprint density at radius 3 is 2.13 bits per heavy atom. The number of rotatable bonds is 8. The third-order valence-electron chi connectivity index (χ3n) is 6.17. The van der Waals surface area contributed by atoms with Crippen molar-refractivity contribution in [1.29, 1.82) is 0 Å². The second-order valence-electron chi connectivity index (χ2n) is 8.89. The zero-order valence-electron chi connectivity index (χ0n) is 20.5. The molecule has 0 spiro atoms. The van der Waals surface area contributed by atoms with Crippen LogP contribution < -0.4 is 4.74 Å². The Morgan fingerprint density at radius 1 is 0.737 bits per heavy atom. The summed E-state index contributed by atoms with van der Waals surface area (Å²) in [7, 11) is 0. The highest BCUT2D eigenvalue weighted by atomic mass is 35.5. The van der Waals surface area contributed by atoms with Crippen LogP contribution in [0, 0.1) is 0 Å². The molecule has 6 nitrogen and oxygen atoms in total. The minimum atomic E-state index is 0.330. The summed E-state index contributed by atoms with van der Waals surface area (Å²) in [5.41, 5.74) is 6.92. The maximum atomic E-state index is 5.97. The summed E-state index contributed by atoms with van der Waals surface area (Å²) >= 11 is 5.96. The van der Waals surface area contributed by atoms with E-state index in [4.69, 9.17) is 21.3 Å². The molecular weight excluding hydrogens is 494 g/mol. The second-order valence-corrected chi connectivity index (χ2v) is 9.32. The Balaban J connectivity index is 1.16. The van der Waals surface area contributed by atoms with Crippen LogP contribution in [0.3, 0.4) is 0 Å². The molecule has 0 saturated carbocycles. The molecule has 6 rings (SSSR count). The van der Waals surface area contributed by atoms with Crippen LogP contribution in [-0.4, -0.2) is 25.0 Å². The van der Waals surface area contributed by atoms with Gasteiger partial charge in [-0.2, -0.15) is 0 Å². The van der Waals surface area contributed by atoms with Crippen molar-refractivity contribution in [3.8, 4) is 39.7 Å². The van der Waals surface area contributed by atoms with Crippen molar-refractivity contribution in [1.82, 2.24) is 25.0 Å². The summed E-state index contributed by atoms with van der Waals surface area (Å²) in [6.45, 7) is 0.953. The van der Waals surface area contributed by atoms with E-state index in [1.807, 2.05) is 91.1 Å². The Morgan fingerprint density at radius 2 is 1.42 bits per heavy atom. The zero-order chi connectivity index (χ0) is 25.7. The van der Waals surface area contributed by atoms with Gasteiger partial charge in [-0.25, -0.2) is 9.67 Å². The fourth-order valence-electron chi connectivity index (χ4n) is 4.25. The molecule has 4 aromatic carbocycles. The Hall–Kier alpha value is -4.68. The molecule has 0 radical (unpaired) electrons. The fraction of sp³-hybridized carbons (Fsp3) is 0.0645. The molecule has 38 heavy (non-hydrogen) atoms. The van der Waals surface area contributed by atoms with Gasteiger partial charge in [-0.05, 0) is 42.0 Å². The highest BCUT2D eigenvalue weighted by Gasteiger charge is 2.15. The number of nitrogens with one attached hydrogen (secondary N) is 1. The van der Waals surface area contributed by atoms with Gasteiger partial charge in [0.15, 0.2) is 0 Å². The monoisotopic (exact) mass is 517 g/mol. The van der Waals surface area contributed by atoms with E-state index in [1.165, 1.54) is 0 Å². The Labute approximate surface area is 225 Å². The van der Waals surface area contributed by atoms with Gasteiger partial charge in [0.25, 0.3) is 0 Å². The molecule has 6 aromatic rings. The zero-order valence-corrected chi connectivity index (χ0v) is 21.2. The largest absolute Gasteiger partial charge is 0.487 e. The topological polar surface area (TPSA) is 68.6 Å². The van der Waals surface area contributed by atoms with Crippen molar-refractivity contribution in [2.75, 3.05) is 0 Å². The number of aromatic nitrogens is 5. The van der Waals surface area contributed by atoms with Crippen molar-refractivity contribution < 1.29 is 4.74 Å². The van der Waals surface area contributed by atoms with Crippen molar-refractivity contribution in [3.63, 3.8) is 0 Å². The van der Waals surface area contributed by atoms with E-state index < -0.39 is 0 Å².